The summed E-state index contributed by atoms with van der Waals surface area (Å²) in [4.78, 5) is 23.0. The van der Waals surface area contributed by atoms with E-state index in [0.717, 1.165) is 44.2 Å². The highest BCUT2D eigenvalue weighted by Crippen LogP contribution is 2.37. The van der Waals surface area contributed by atoms with Gasteiger partial charge >= 0.3 is 0 Å². The molecule has 0 saturated carbocycles. The Labute approximate surface area is 165 Å². The van der Waals surface area contributed by atoms with E-state index < -0.39 is 5.56 Å². The van der Waals surface area contributed by atoms with Crippen molar-refractivity contribution in [2.75, 3.05) is 13.4 Å². The molecule has 0 unspecified atom stereocenters. The summed E-state index contributed by atoms with van der Waals surface area (Å²) in [6.45, 7) is 4.00. The summed E-state index contributed by atoms with van der Waals surface area (Å²) in [7, 11) is 1.64. The van der Waals surface area contributed by atoms with E-state index in [-0.39, 0.29) is 5.56 Å². The number of aryl methyl sites for hydroxylation is 2. The third-order valence-electron chi connectivity index (χ3n) is 5.00. The maximum atomic E-state index is 12.4. The van der Waals surface area contributed by atoms with E-state index >= 15 is 0 Å². The number of aromatic nitrogens is 3. The monoisotopic (exact) mass is 390 g/mol. The topological polar surface area (TPSA) is 94.6 Å². The van der Waals surface area contributed by atoms with Gasteiger partial charge in [-0.25, -0.2) is 4.98 Å². The second kappa shape index (κ2) is 6.73. The number of benzene rings is 2. The van der Waals surface area contributed by atoms with Crippen LogP contribution in [0.15, 0.2) is 34.2 Å². The van der Waals surface area contributed by atoms with Gasteiger partial charge in [-0.3, -0.25) is 4.79 Å². The Hall–Kier alpha value is -3.24. The first-order chi connectivity index (χ1) is 13.5. The molecule has 0 radical (unpaired) electrons. The van der Waals surface area contributed by atoms with Gasteiger partial charge in [0, 0.05) is 27.4 Å². The van der Waals surface area contributed by atoms with Crippen LogP contribution < -0.4 is 10.3 Å². The van der Waals surface area contributed by atoms with Crippen LogP contribution in [0.4, 0.5) is 0 Å². The van der Waals surface area contributed by atoms with Gasteiger partial charge in [0.1, 0.15) is 17.4 Å². The summed E-state index contributed by atoms with van der Waals surface area (Å²) < 4.78 is 5.39. The zero-order valence-electron chi connectivity index (χ0n) is 15.9. The fourth-order valence-electron chi connectivity index (χ4n) is 3.61. The lowest BCUT2D eigenvalue weighted by atomic mass is 9.95. The van der Waals surface area contributed by atoms with E-state index in [4.69, 9.17) is 4.74 Å². The molecule has 2 heterocycles. The number of methoxy groups -OCH3 is 1. The van der Waals surface area contributed by atoms with Crippen LogP contribution in [-0.4, -0.2) is 28.3 Å². The van der Waals surface area contributed by atoms with Gasteiger partial charge < -0.3 is 14.7 Å². The van der Waals surface area contributed by atoms with Gasteiger partial charge in [0.15, 0.2) is 5.16 Å². The SMILES string of the molecule is COc1ccc2[nH]c3c(C)cc(-c4nc(SC)[nH]c(=O)c4C#N)c(C)c3c2c1. The summed E-state index contributed by atoms with van der Waals surface area (Å²) >= 11 is 1.34. The molecule has 0 spiro atoms. The van der Waals surface area contributed by atoms with E-state index in [1.807, 2.05) is 50.4 Å². The number of nitriles is 1. The molecule has 4 rings (SSSR count). The zero-order chi connectivity index (χ0) is 20.0. The molecule has 2 aromatic heterocycles. The molecule has 4 aromatic rings. The van der Waals surface area contributed by atoms with Crippen LogP contribution in [0.1, 0.15) is 16.7 Å². The molecule has 140 valence electrons. The van der Waals surface area contributed by atoms with E-state index in [0.29, 0.717) is 10.9 Å². The molecule has 2 aromatic carbocycles. The van der Waals surface area contributed by atoms with Crippen molar-refractivity contribution in [3.63, 3.8) is 0 Å². The van der Waals surface area contributed by atoms with Gasteiger partial charge in [-0.2, -0.15) is 5.26 Å². The van der Waals surface area contributed by atoms with Crippen LogP contribution >= 0.6 is 11.8 Å². The minimum atomic E-state index is -0.422. The van der Waals surface area contributed by atoms with Crippen LogP contribution in [0.2, 0.25) is 0 Å². The summed E-state index contributed by atoms with van der Waals surface area (Å²) in [5, 5.41) is 12.1. The maximum Gasteiger partial charge on any atom is 0.270 e. The minimum Gasteiger partial charge on any atom is -0.497 e. The molecule has 0 amide bonds. The van der Waals surface area contributed by atoms with Crippen LogP contribution in [0.5, 0.6) is 5.75 Å². The molecule has 0 fully saturated rings. The molecule has 0 atom stereocenters. The van der Waals surface area contributed by atoms with E-state index in [9.17, 15) is 10.1 Å². The minimum absolute atomic E-state index is 0.0251. The summed E-state index contributed by atoms with van der Waals surface area (Å²) in [5.41, 5.74) is 4.80. The average molecular weight is 390 g/mol. The van der Waals surface area contributed by atoms with Crippen LogP contribution in [0, 0.1) is 25.2 Å². The van der Waals surface area contributed by atoms with Crippen LogP contribution in [-0.2, 0) is 0 Å². The van der Waals surface area contributed by atoms with Gasteiger partial charge in [-0.1, -0.05) is 11.8 Å². The Bertz CT molecular complexity index is 1350. The van der Waals surface area contributed by atoms with Gasteiger partial charge in [0.25, 0.3) is 5.56 Å². The van der Waals surface area contributed by atoms with E-state index in [1.165, 1.54) is 11.8 Å². The highest BCUT2D eigenvalue weighted by molar-refractivity contribution is 7.98. The molecule has 0 aliphatic heterocycles. The molecule has 0 aliphatic carbocycles. The lowest BCUT2D eigenvalue weighted by Gasteiger charge is -2.11. The molecule has 0 bridgehead atoms. The molecule has 6 nitrogen and oxygen atoms in total. The van der Waals surface area contributed by atoms with Crippen molar-refractivity contribution in [2.24, 2.45) is 0 Å². The van der Waals surface area contributed by atoms with Crippen molar-refractivity contribution in [3.05, 3.63) is 51.3 Å². The van der Waals surface area contributed by atoms with Gasteiger partial charge in [0.05, 0.1) is 12.8 Å². The van der Waals surface area contributed by atoms with Crippen molar-refractivity contribution in [1.82, 2.24) is 15.0 Å². The normalized spacial score (nSPS) is 11.1. The first kappa shape index (κ1) is 18.1. The number of thioether (sulfide) groups is 1. The number of aromatic amines is 2. The number of ether oxygens (including phenoxy) is 1. The fraction of sp³-hybridized carbons (Fsp3) is 0.190. The van der Waals surface area contributed by atoms with E-state index in [2.05, 4.69) is 15.0 Å². The smallest absolute Gasteiger partial charge is 0.270 e. The Morgan fingerprint density at radius 3 is 2.68 bits per heavy atom. The lowest BCUT2D eigenvalue weighted by molar-refractivity contribution is 0.415. The zero-order valence-corrected chi connectivity index (χ0v) is 16.7. The fourth-order valence-corrected chi connectivity index (χ4v) is 3.99. The molecule has 0 saturated heterocycles. The largest absolute Gasteiger partial charge is 0.497 e. The molecule has 28 heavy (non-hydrogen) atoms. The number of nitrogens with one attached hydrogen (secondary N) is 2. The maximum absolute atomic E-state index is 12.4. The molecule has 2 N–H and O–H groups in total. The Morgan fingerprint density at radius 2 is 2.00 bits per heavy atom. The van der Waals surface area contributed by atoms with Crippen molar-refractivity contribution in [3.8, 4) is 23.1 Å². The number of nitrogens with zero attached hydrogens (tertiary/aromatic N) is 2. The third-order valence-corrected chi connectivity index (χ3v) is 5.58. The second-order valence-corrected chi connectivity index (χ2v) is 7.36. The summed E-state index contributed by atoms with van der Waals surface area (Å²) in [6.07, 6.45) is 1.83. The first-order valence-corrected chi connectivity index (χ1v) is 9.89. The van der Waals surface area contributed by atoms with Crippen molar-refractivity contribution < 1.29 is 4.74 Å². The van der Waals surface area contributed by atoms with E-state index in [1.54, 1.807) is 7.11 Å². The Balaban J connectivity index is 2.14. The predicted octanol–water partition coefficient (Wildman–Crippen LogP) is 4.29. The highest BCUT2D eigenvalue weighted by Gasteiger charge is 2.19. The number of hydrogen-bond donors (Lipinski definition) is 2. The number of fused-ring (bicyclic) bond motifs is 3. The van der Waals surface area contributed by atoms with Crippen LogP contribution in [0.25, 0.3) is 33.1 Å². The third kappa shape index (κ3) is 2.65. The number of H-pyrrole nitrogens is 2. The van der Waals surface area contributed by atoms with Gasteiger partial charge in [0.2, 0.25) is 0 Å². The molecule has 7 heteroatoms. The van der Waals surface area contributed by atoms with Gasteiger partial charge in [-0.05, 0) is 55.5 Å². The van der Waals surface area contributed by atoms with Crippen molar-refractivity contribution in [2.45, 2.75) is 19.0 Å². The quantitative estimate of drug-likeness (QED) is 0.402. The molecular formula is C21H18N4O2S. The first-order valence-electron chi connectivity index (χ1n) is 8.67. The van der Waals surface area contributed by atoms with Gasteiger partial charge in [-0.15, -0.1) is 0 Å². The number of rotatable bonds is 3. The average Bonchev–Trinajstić information content (AvgIpc) is 3.09. The molecule has 0 aliphatic rings. The highest BCUT2D eigenvalue weighted by atomic mass is 32.2. The molecular weight excluding hydrogens is 372 g/mol. The Morgan fingerprint density at radius 1 is 1.21 bits per heavy atom. The summed E-state index contributed by atoms with van der Waals surface area (Å²) in [6, 6.07) is 9.90. The lowest BCUT2D eigenvalue weighted by Crippen LogP contribution is -2.15. The number of hydrogen-bond acceptors (Lipinski definition) is 5. The van der Waals surface area contributed by atoms with Crippen LogP contribution in [0.3, 0.4) is 0 Å². The Kier molecular flexibility index (Phi) is 4.36. The van der Waals surface area contributed by atoms with Crippen molar-refractivity contribution in [1.29, 1.82) is 5.26 Å². The predicted molar refractivity (Wildman–Crippen MR) is 112 cm³/mol. The summed E-state index contributed by atoms with van der Waals surface area (Å²) in [5.74, 6) is 0.771. The second-order valence-electron chi connectivity index (χ2n) is 6.56. The van der Waals surface area contributed by atoms with Crippen molar-refractivity contribution >= 4 is 33.6 Å². The standard InChI is InChI=1S/C21H18N4O2S/c1-10-7-13(19-15(9-22)20(26)25-21(24-19)28-4)11(2)17-14-8-12(27-3)5-6-16(14)23-18(10)17/h5-8,23H,1-4H3,(H,24,25,26).